The third-order valence-electron chi connectivity index (χ3n) is 21.2. The topological polar surface area (TPSA) is 348 Å². The van der Waals surface area contributed by atoms with Gasteiger partial charge < -0.3 is 108 Å². The number of rotatable bonds is 30. The Morgan fingerprint density at radius 3 is 1.09 bits per heavy atom. The molecule has 15 rings (SSSR count). The van der Waals surface area contributed by atoms with Crippen LogP contribution in [0.2, 0.25) is 30.1 Å². The van der Waals surface area contributed by atoms with Gasteiger partial charge in [0.05, 0.1) is 86.7 Å². The maximum Gasteiger partial charge on any atom is 0.409 e. The minimum atomic E-state index is -0.814. The summed E-state index contributed by atoms with van der Waals surface area (Å²) in [6.07, 6.45) is 9.94. The second kappa shape index (κ2) is 61.6. The van der Waals surface area contributed by atoms with Crippen LogP contribution in [0.15, 0.2) is 170 Å². The highest BCUT2D eigenvalue weighted by Crippen LogP contribution is 2.45. The van der Waals surface area contributed by atoms with Crippen LogP contribution in [-0.2, 0) is 46.1 Å². The number of piperazine rings is 2. The van der Waals surface area contributed by atoms with E-state index in [1.54, 1.807) is 194 Å². The predicted molar refractivity (Wildman–Crippen MR) is 547 cm³/mol. The monoisotopic (exact) mass is 2050 g/mol. The first kappa shape index (κ1) is 113. The van der Waals surface area contributed by atoms with E-state index in [0.717, 1.165) is 52.6 Å². The number of likely N-dealkylation sites (N-methyl/N-ethyl adjacent to an activating group) is 2. The summed E-state index contributed by atoms with van der Waals surface area (Å²) < 4.78 is 70.2. The smallest absolute Gasteiger partial charge is 0.409 e. The van der Waals surface area contributed by atoms with Gasteiger partial charge in [0, 0.05) is 186 Å². The molecule has 8 aromatic carbocycles. The highest BCUT2D eigenvalue weighted by molar-refractivity contribution is 6.61. The van der Waals surface area contributed by atoms with E-state index < -0.39 is 11.4 Å². The van der Waals surface area contributed by atoms with Crippen molar-refractivity contribution in [3.63, 3.8) is 0 Å². The number of carbonyl (C=O) groups is 6. The summed E-state index contributed by atoms with van der Waals surface area (Å²) in [5, 5.41) is 14.1. The highest BCUT2D eigenvalue weighted by Gasteiger charge is 2.26. The van der Waals surface area contributed by atoms with Crippen LogP contribution in [-0.4, -0.2) is 264 Å². The number of esters is 1. The Bertz CT molecular complexity index is 5720. The molecule has 11 aromatic rings. The minimum Gasteiger partial charge on any atom is -0.490 e. The van der Waals surface area contributed by atoms with Crippen molar-refractivity contribution in [3.8, 4) is 63.2 Å². The average molecular weight is 2060 g/mol. The number of nitrogen functional groups attached to an aromatic ring is 1. The highest BCUT2D eigenvalue weighted by atomic mass is 35.5. The van der Waals surface area contributed by atoms with E-state index >= 15 is 0 Å². The van der Waals surface area contributed by atoms with Crippen LogP contribution in [0.3, 0.4) is 0 Å². The van der Waals surface area contributed by atoms with Gasteiger partial charge in [-0.2, -0.15) is 0 Å². The van der Waals surface area contributed by atoms with Gasteiger partial charge in [-0.25, -0.2) is 4.79 Å². The molecule has 4 saturated heterocycles. The van der Waals surface area contributed by atoms with Crippen molar-refractivity contribution >= 4 is 155 Å². The molecule has 0 saturated carbocycles. The summed E-state index contributed by atoms with van der Waals surface area (Å²) in [4.78, 5) is 94.7. The molecular weight excluding hydrogens is 1930 g/mol. The van der Waals surface area contributed by atoms with Gasteiger partial charge in [0.15, 0.2) is 0 Å². The first-order valence-corrected chi connectivity index (χ1v) is 47.8. The lowest BCUT2D eigenvalue weighted by molar-refractivity contribution is -0.134. The van der Waals surface area contributed by atoms with Gasteiger partial charge in [0.1, 0.15) is 98.1 Å². The Morgan fingerprint density at radius 2 is 0.770 bits per heavy atom. The molecule has 0 spiro atoms. The lowest BCUT2D eigenvalue weighted by Gasteiger charge is -2.32. The van der Waals surface area contributed by atoms with Crippen molar-refractivity contribution in [2.45, 2.75) is 59.3 Å². The van der Waals surface area contributed by atoms with Gasteiger partial charge in [0.2, 0.25) is 5.91 Å². The maximum absolute atomic E-state index is 12.8. The predicted octanol–water partition coefficient (Wildman–Crippen LogP) is 19.1. The number of anilines is 1. The van der Waals surface area contributed by atoms with E-state index in [1.165, 1.54) is 65.5 Å². The normalized spacial score (nSPS) is 13.2. The number of methoxy groups -OCH3 is 3. The van der Waals surface area contributed by atoms with Crippen molar-refractivity contribution < 1.29 is 90.3 Å². The van der Waals surface area contributed by atoms with Crippen LogP contribution < -0.4 is 64.9 Å². The van der Waals surface area contributed by atoms with Crippen molar-refractivity contribution in [3.05, 3.63) is 228 Å². The zero-order valence-electron chi connectivity index (χ0n) is 79.9. The molecule has 139 heavy (non-hydrogen) atoms. The number of fused-ring (bicyclic) bond motifs is 3. The Kier molecular flexibility index (Phi) is 50.2. The Labute approximate surface area is 846 Å². The molecule has 0 atom stereocenters. The molecule has 4 fully saturated rings. The fourth-order valence-corrected chi connectivity index (χ4v) is 14.8. The minimum absolute atomic E-state index is 0.00937. The third kappa shape index (κ3) is 36.6. The van der Waals surface area contributed by atoms with Crippen molar-refractivity contribution in [2.75, 3.05) is 200 Å². The van der Waals surface area contributed by atoms with Crippen LogP contribution in [0.25, 0.3) is 32.7 Å². The molecule has 3 aromatic heterocycles. The number of carbonyl (C=O) groups excluding carboxylic acids is 6. The summed E-state index contributed by atoms with van der Waals surface area (Å²) in [7, 11) is 13.5. The van der Waals surface area contributed by atoms with Crippen molar-refractivity contribution in [1.29, 1.82) is 0 Å². The Hall–Kier alpha value is -10.9. The summed E-state index contributed by atoms with van der Waals surface area (Å²) in [5.41, 5.74) is 9.10. The molecule has 7 heterocycles. The van der Waals surface area contributed by atoms with Crippen LogP contribution in [0.1, 0.15) is 88.7 Å². The zero-order chi connectivity index (χ0) is 101. The van der Waals surface area contributed by atoms with Crippen LogP contribution >= 0.6 is 81.2 Å². The van der Waals surface area contributed by atoms with Gasteiger partial charge in [0.25, 0.3) is 17.7 Å². The lowest BCUT2D eigenvalue weighted by Crippen LogP contribution is -2.47. The maximum atomic E-state index is 12.8. The summed E-state index contributed by atoms with van der Waals surface area (Å²) >= 11 is 43.5. The molecule has 0 bridgehead atoms. The SMILES string of the molecule is C1CCOC1.C1CCOC1.CCN(CC)CC.CN1CCNCC1.CNC(=O)c1cc2c(Oc3ccc(CC(=O)N4CCN(C)CC4)c(Cl)c3Cl)ccnc2cc1OCCOC.CNC(=O)c1cc2c(Oc3ccc(CC(=O)Oc4ccccc4)c(Cl)c3Cl)ccnc2cc1OCCOC.CNC(=O)c1cc2c(Oc3ccc(N)c(Cl)c3Cl)ccnc2cc1OCCOC.O=C(Cl)Oc1ccccc1. The standard InChI is InChI=1S/C28H24Cl2N2O6.C27H30Cl2N4O5.C20H19Cl2N3O4.C7H5ClO2.C6H15N.C5H12N2.2C4H8O/c1-31-28(34)20-15-19-21(16-24(20)36-13-12-35-2)32-11-10-22(19)38-23-9-8-17(26(29)27(23)30)14-25(33)37-18-6-4-3-5-7-18;1-30-27(35)19-15-18-20(16-23(19)37-13-12-36-3)31-7-6-21(18)38-22-5-4-17(25(28)26(22)29)14-24(34)33-10-8-32(2)9-11-33;1-24-20(26)12-9-11-14(10-17(12)28-8-7-27-2)25-6-5-15(11)29-16-4-3-13(23)18(21)19(16)22;8-7(9)10-6-4-2-1-3-5-6;1-4-7(5-2)6-3;1-7-4-2-6-3-5-7;2*1-2-4-5-3-1/h3-11,15-16H,12-14H2,1-2H3,(H,31,34);4-7,15-16H,8-14H2,1-3H3,(H,30,35);3-6,9-10H,7-8,23H2,1-2H3,(H,24,26);1-5H;4-6H2,1-3H3;6H,2-5H2,1H3;2*1-4H2. The van der Waals surface area contributed by atoms with Gasteiger partial charge in [-0.3, -0.25) is 38.9 Å². The number of hydrogen-bond donors (Lipinski definition) is 5. The molecule has 748 valence electrons. The lowest BCUT2D eigenvalue weighted by atomic mass is 10.1. The number of hydrogen-bond acceptors (Lipinski definition) is 27. The number of para-hydroxylation sites is 2. The molecule has 4 aliphatic heterocycles. The molecule has 4 aliphatic rings. The number of aromatic nitrogens is 3. The number of nitrogens with zero attached hydrogens (tertiary/aromatic N) is 7. The number of nitrogens with two attached hydrogens (primary N) is 1. The number of halogens is 7. The second-order valence-corrected chi connectivity index (χ2v) is 33.4. The fraction of sp³-hybridized carbons (Fsp3) is 0.376. The molecule has 4 amide bonds. The fourth-order valence-electron chi connectivity index (χ4n) is 13.5. The quantitative estimate of drug-likeness (QED) is 0.00918. The molecule has 38 heteroatoms. The van der Waals surface area contributed by atoms with E-state index in [1.807, 2.05) is 24.1 Å². The van der Waals surface area contributed by atoms with Gasteiger partial charge in [-0.05, 0) is 155 Å². The number of nitrogens with one attached hydrogen (secondary N) is 4. The van der Waals surface area contributed by atoms with Crippen LogP contribution in [0.5, 0.6) is 63.2 Å². The van der Waals surface area contributed by atoms with Gasteiger partial charge >= 0.3 is 11.4 Å². The summed E-state index contributed by atoms with van der Waals surface area (Å²) in [6, 6.07) is 42.3. The molecule has 0 unspecified atom stereocenters. The average Bonchev–Trinajstić information content (AvgIpc) is 1.30. The second-order valence-electron chi connectivity index (χ2n) is 30.9. The first-order valence-electron chi connectivity index (χ1n) is 45.1. The van der Waals surface area contributed by atoms with Gasteiger partial charge in [-0.1, -0.05) is 139 Å². The largest absolute Gasteiger partial charge is 0.490 e. The summed E-state index contributed by atoms with van der Waals surface area (Å²) in [6.45, 7) is 23.9. The van der Waals surface area contributed by atoms with E-state index in [4.69, 9.17) is 144 Å². The van der Waals surface area contributed by atoms with Crippen LogP contribution in [0, 0.1) is 0 Å². The molecule has 6 N–H and O–H groups in total. The Balaban J connectivity index is 0.000000218. The molecular formula is C101H121Cl7N12O19. The molecule has 0 aliphatic carbocycles. The number of benzene rings is 8. The third-order valence-corrected chi connectivity index (χ3v) is 24.0. The van der Waals surface area contributed by atoms with Gasteiger partial charge in [-0.15, -0.1) is 0 Å². The number of ether oxygens (including phenoxy) is 13. The van der Waals surface area contributed by atoms with Crippen molar-refractivity contribution in [1.82, 2.24) is 55.8 Å². The number of pyridine rings is 3. The van der Waals surface area contributed by atoms with E-state index in [-0.39, 0.29) is 85.6 Å². The van der Waals surface area contributed by atoms with E-state index in [2.05, 4.69) is 83.5 Å². The van der Waals surface area contributed by atoms with E-state index in [0.29, 0.717) is 163 Å². The van der Waals surface area contributed by atoms with Crippen molar-refractivity contribution in [2.24, 2.45) is 0 Å². The number of amides is 4. The summed E-state index contributed by atoms with van der Waals surface area (Å²) in [5.74, 6) is 2.83. The molecule has 0 radical (unpaired) electrons. The Morgan fingerprint density at radius 1 is 0.417 bits per heavy atom. The molecule has 31 nitrogen and oxygen atoms in total. The van der Waals surface area contributed by atoms with Crippen LogP contribution in [0.4, 0.5) is 10.5 Å². The van der Waals surface area contributed by atoms with E-state index in [9.17, 15) is 28.8 Å². The first-order chi connectivity index (χ1) is 67.2. The zero-order valence-corrected chi connectivity index (χ0v) is 85.2.